The Kier molecular flexibility index (Phi) is 4.91. The van der Waals surface area contributed by atoms with Crippen LogP contribution in [0.15, 0.2) is 30.6 Å². The Hall–Kier alpha value is -2.38. The minimum Gasteiger partial charge on any atom is -0.496 e. The molecule has 0 aliphatic heterocycles. The molecule has 1 atom stereocenters. The number of nitrogens with zero attached hydrogens (tertiary/aromatic N) is 2. The fraction of sp³-hybridized carbons (Fsp3) is 0.286. The zero-order valence-electron chi connectivity index (χ0n) is 12.2. The number of benzene rings is 1. The van der Waals surface area contributed by atoms with Gasteiger partial charge in [0.1, 0.15) is 23.2 Å². The number of hydrogen-bond acceptors (Lipinski definition) is 7. The average molecular weight is 290 g/mol. The molecule has 21 heavy (non-hydrogen) atoms. The number of nitrogens with two attached hydrogens (primary N) is 1. The average Bonchev–Trinajstić information content (AvgIpc) is 2.56. The SMILES string of the molecule is COc1cccc(OC)c1C(NN)c1nccnc1OC. The monoisotopic (exact) mass is 290 g/mol. The van der Waals surface area contributed by atoms with Gasteiger partial charge in [0.25, 0.3) is 0 Å². The highest BCUT2D eigenvalue weighted by atomic mass is 16.5. The maximum Gasteiger partial charge on any atom is 0.237 e. The van der Waals surface area contributed by atoms with E-state index in [9.17, 15) is 0 Å². The van der Waals surface area contributed by atoms with E-state index >= 15 is 0 Å². The fourth-order valence-corrected chi connectivity index (χ4v) is 2.15. The van der Waals surface area contributed by atoms with E-state index in [-0.39, 0.29) is 0 Å². The van der Waals surface area contributed by atoms with E-state index in [1.165, 1.54) is 7.11 Å². The van der Waals surface area contributed by atoms with Crippen molar-refractivity contribution < 1.29 is 14.2 Å². The third-order valence-electron chi connectivity index (χ3n) is 3.08. The minimum absolute atomic E-state index is 0.383. The van der Waals surface area contributed by atoms with Crippen molar-refractivity contribution in [2.24, 2.45) is 5.84 Å². The van der Waals surface area contributed by atoms with Crippen molar-refractivity contribution in [3.05, 3.63) is 41.9 Å². The number of nitrogens with one attached hydrogen (secondary N) is 1. The van der Waals surface area contributed by atoms with Crippen molar-refractivity contribution in [2.45, 2.75) is 6.04 Å². The van der Waals surface area contributed by atoms with Crippen LogP contribution in [0, 0.1) is 0 Å². The van der Waals surface area contributed by atoms with E-state index in [0.29, 0.717) is 23.1 Å². The molecule has 0 spiro atoms. The molecule has 0 fully saturated rings. The van der Waals surface area contributed by atoms with Crippen LogP contribution < -0.4 is 25.5 Å². The first kappa shape index (κ1) is 15.0. The van der Waals surface area contributed by atoms with Crippen LogP contribution in [0.2, 0.25) is 0 Å². The lowest BCUT2D eigenvalue weighted by atomic mass is 10.0. The predicted molar refractivity (Wildman–Crippen MR) is 77.3 cm³/mol. The zero-order chi connectivity index (χ0) is 15.2. The van der Waals surface area contributed by atoms with E-state index in [4.69, 9.17) is 20.1 Å². The molecular formula is C14H18N4O3. The van der Waals surface area contributed by atoms with Gasteiger partial charge in [0.2, 0.25) is 5.88 Å². The van der Waals surface area contributed by atoms with Crippen molar-refractivity contribution in [3.8, 4) is 17.4 Å². The topological polar surface area (TPSA) is 91.5 Å². The molecule has 0 saturated carbocycles. The molecule has 0 bridgehead atoms. The summed E-state index contributed by atoms with van der Waals surface area (Å²) in [6, 6.07) is 5.00. The maximum absolute atomic E-state index is 5.72. The largest absolute Gasteiger partial charge is 0.496 e. The van der Waals surface area contributed by atoms with Crippen LogP contribution in [-0.4, -0.2) is 31.3 Å². The van der Waals surface area contributed by atoms with Gasteiger partial charge in [-0.25, -0.2) is 10.4 Å². The first-order valence-electron chi connectivity index (χ1n) is 6.28. The Bertz CT molecular complexity index is 584. The van der Waals surface area contributed by atoms with Crippen LogP contribution in [0.4, 0.5) is 0 Å². The molecule has 0 radical (unpaired) electrons. The Labute approximate surface area is 123 Å². The fourth-order valence-electron chi connectivity index (χ4n) is 2.15. The maximum atomic E-state index is 5.72. The summed E-state index contributed by atoms with van der Waals surface area (Å²) in [4.78, 5) is 8.45. The summed E-state index contributed by atoms with van der Waals surface area (Å²) in [5.41, 5.74) is 3.99. The van der Waals surface area contributed by atoms with Crippen LogP contribution in [0.1, 0.15) is 17.3 Å². The molecule has 0 amide bonds. The summed E-state index contributed by atoms with van der Waals surface area (Å²) in [5.74, 6) is 7.37. The van der Waals surface area contributed by atoms with E-state index in [1.54, 1.807) is 26.6 Å². The Balaban J connectivity index is 2.61. The molecule has 3 N–H and O–H groups in total. The first-order valence-corrected chi connectivity index (χ1v) is 6.28. The molecule has 1 unspecified atom stereocenters. The highest BCUT2D eigenvalue weighted by Gasteiger charge is 2.26. The summed E-state index contributed by atoms with van der Waals surface area (Å²) in [6.45, 7) is 0. The van der Waals surface area contributed by atoms with Gasteiger partial charge >= 0.3 is 0 Å². The van der Waals surface area contributed by atoms with Crippen molar-refractivity contribution in [1.82, 2.24) is 15.4 Å². The van der Waals surface area contributed by atoms with E-state index in [1.807, 2.05) is 18.2 Å². The Morgan fingerprint density at radius 1 is 1.00 bits per heavy atom. The molecular weight excluding hydrogens is 272 g/mol. The summed E-state index contributed by atoms with van der Waals surface area (Å²) in [6.07, 6.45) is 3.12. The Morgan fingerprint density at radius 3 is 2.14 bits per heavy atom. The quantitative estimate of drug-likeness (QED) is 0.607. The summed E-state index contributed by atoms with van der Waals surface area (Å²) < 4.78 is 16.0. The highest BCUT2D eigenvalue weighted by Crippen LogP contribution is 2.38. The number of hydrazine groups is 1. The van der Waals surface area contributed by atoms with Crippen molar-refractivity contribution in [1.29, 1.82) is 0 Å². The van der Waals surface area contributed by atoms with Crippen LogP contribution in [-0.2, 0) is 0 Å². The molecule has 1 heterocycles. The summed E-state index contributed by atoms with van der Waals surface area (Å²) in [5, 5.41) is 0. The van der Waals surface area contributed by atoms with Crippen LogP contribution in [0.25, 0.3) is 0 Å². The molecule has 2 aromatic rings. The highest BCUT2D eigenvalue weighted by molar-refractivity contribution is 5.50. The van der Waals surface area contributed by atoms with Gasteiger partial charge < -0.3 is 14.2 Å². The second-order valence-electron chi connectivity index (χ2n) is 4.13. The normalized spacial score (nSPS) is 11.8. The number of ether oxygens (including phenoxy) is 3. The van der Waals surface area contributed by atoms with Gasteiger partial charge in [-0.1, -0.05) is 6.07 Å². The van der Waals surface area contributed by atoms with Crippen LogP contribution >= 0.6 is 0 Å². The number of aromatic nitrogens is 2. The number of methoxy groups -OCH3 is 3. The second kappa shape index (κ2) is 6.87. The lowest BCUT2D eigenvalue weighted by Gasteiger charge is -2.22. The van der Waals surface area contributed by atoms with Gasteiger partial charge in [-0.15, -0.1) is 0 Å². The van der Waals surface area contributed by atoms with Gasteiger partial charge in [0.05, 0.1) is 26.9 Å². The molecule has 2 rings (SSSR count). The smallest absolute Gasteiger partial charge is 0.237 e. The zero-order valence-corrected chi connectivity index (χ0v) is 12.2. The van der Waals surface area contributed by atoms with E-state index < -0.39 is 6.04 Å². The summed E-state index contributed by atoms with van der Waals surface area (Å²) >= 11 is 0. The number of hydrogen-bond donors (Lipinski definition) is 2. The van der Waals surface area contributed by atoms with E-state index in [0.717, 1.165) is 5.56 Å². The van der Waals surface area contributed by atoms with Gasteiger partial charge in [0.15, 0.2) is 0 Å². The van der Waals surface area contributed by atoms with Crippen molar-refractivity contribution >= 4 is 0 Å². The Morgan fingerprint density at radius 2 is 1.62 bits per heavy atom. The van der Waals surface area contributed by atoms with Crippen LogP contribution in [0.3, 0.4) is 0 Å². The molecule has 0 aliphatic rings. The lowest BCUT2D eigenvalue weighted by molar-refractivity contribution is 0.365. The molecule has 1 aromatic heterocycles. The molecule has 7 heteroatoms. The molecule has 7 nitrogen and oxygen atoms in total. The second-order valence-corrected chi connectivity index (χ2v) is 4.13. The molecule has 0 saturated heterocycles. The minimum atomic E-state index is -0.486. The first-order chi connectivity index (χ1) is 10.3. The van der Waals surface area contributed by atoms with Gasteiger partial charge in [-0.05, 0) is 12.1 Å². The third kappa shape index (κ3) is 2.88. The number of rotatable bonds is 6. The molecule has 1 aromatic carbocycles. The van der Waals surface area contributed by atoms with E-state index in [2.05, 4.69) is 15.4 Å². The third-order valence-corrected chi connectivity index (χ3v) is 3.08. The van der Waals surface area contributed by atoms with Crippen LogP contribution in [0.5, 0.6) is 17.4 Å². The van der Waals surface area contributed by atoms with Crippen molar-refractivity contribution in [2.75, 3.05) is 21.3 Å². The summed E-state index contributed by atoms with van der Waals surface area (Å²) in [7, 11) is 4.69. The predicted octanol–water partition coefficient (Wildman–Crippen LogP) is 1.06. The standard InChI is InChI=1S/C14H18N4O3/c1-19-9-5-4-6-10(20-2)11(9)12(18-15)13-14(21-3)17-8-7-16-13/h4-8,12,18H,15H2,1-3H3. The lowest BCUT2D eigenvalue weighted by Crippen LogP contribution is -2.30. The molecule has 0 aliphatic carbocycles. The van der Waals surface area contributed by atoms with Gasteiger partial charge in [-0.2, -0.15) is 0 Å². The van der Waals surface area contributed by atoms with Gasteiger partial charge in [0, 0.05) is 12.4 Å². The van der Waals surface area contributed by atoms with Gasteiger partial charge in [-0.3, -0.25) is 10.8 Å². The molecule has 112 valence electrons. The van der Waals surface area contributed by atoms with Crippen molar-refractivity contribution in [3.63, 3.8) is 0 Å².